The lowest BCUT2D eigenvalue weighted by Gasteiger charge is -2.16. The van der Waals surface area contributed by atoms with Gasteiger partial charge in [0.2, 0.25) is 5.82 Å². The van der Waals surface area contributed by atoms with E-state index in [2.05, 4.69) is 25.5 Å². The molecule has 1 amide bonds. The van der Waals surface area contributed by atoms with Crippen molar-refractivity contribution in [3.05, 3.63) is 89.6 Å². The Balaban J connectivity index is 1.52. The Labute approximate surface area is 210 Å². The molecule has 0 aliphatic carbocycles. The molecule has 192 valence electrons. The van der Waals surface area contributed by atoms with Crippen LogP contribution in [-0.2, 0) is 12.6 Å². The standard InChI is InChI=1S/C26H24F3N5O3/c27-26(28,29)21-9-8-19(37-13-5-4-12-35)16-20(21)18-10-11-30-22(15-18)32-25(36)24-31-23(33-34-24)14-17-6-2-1-3-7-17/h1-3,6-11,15-16,35H,4-5,12-14H2,(H,30,32,36)(H,31,33,34). The van der Waals surface area contributed by atoms with Crippen molar-refractivity contribution in [2.24, 2.45) is 0 Å². The van der Waals surface area contributed by atoms with Crippen LogP contribution in [0.15, 0.2) is 66.9 Å². The molecule has 0 aliphatic rings. The third kappa shape index (κ3) is 6.91. The largest absolute Gasteiger partial charge is 0.494 e. The number of ether oxygens (including phenoxy) is 1. The summed E-state index contributed by atoms with van der Waals surface area (Å²) in [5, 5.41) is 18.1. The number of aliphatic hydroxyl groups is 1. The molecule has 11 heteroatoms. The molecule has 0 bridgehead atoms. The molecular formula is C26H24F3N5O3. The maximum atomic E-state index is 13.7. The molecule has 37 heavy (non-hydrogen) atoms. The normalized spacial score (nSPS) is 11.4. The zero-order chi connectivity index (χ0) is 26.3. The summed E-state index contributed by atoms with van der Waals surface area (Å²) in [5.74, 6) is 0.0163. The molecule has 0 atom stereocenters. The van der Waals surface area contributed by atoms with Gasteiger partial charge in [0.05, 0.1) is 12.2 Å². The van der Waals surface area contributed by atoms with E-state index < -0.39 is 17.6 Å². The van der Waals surface area contributed by atoms with Crippen LogP contribution in [0.4, 0.5) is 19.0 Å². The zero-order valence-corrected chi connectivity index (χ0v) is 19.6. The molecule has 0 fully saturated rings. The number of rotatable bonds is 10. The molecule has 0 saturated heterocycles. The first-order chi connectivity index (χ1) is 17.8. The third-order valence-electron chi connectivity index (χ3n) is 5.38. The number of hydrogen-bond acceptors (Lipinski definition) is 6. The number of alkyl halides is 3. The number of aromatic amines is 1. The van der Waals surface area contributed by atoms with Crippen LogP contribution >= 0.6 is 0 Å². The van der Waals surface area contributed by atoms with Crippen molar-refractivity contribution >= 4 is 11.7 Å². The van der Waals surface area contributed by atoms with Crippen LogP contribution < -0.4 is 10.1 Å². The van der Waals surface area contributed by atoms with Crippen LogP contribution in [0.5, 0.6) is 5.75 Å². The Morgan fingerprint density at radius 3 is 2.62 bits per heavy atom. The number of aliphatic hydroxyl groups excluding tert-OH is 1. The fourth-order valence-electron chi connectivity index (χ4n) is 3.61. The first-order valence-corrected chi connectivity index (χ1v) is 11.5. The molecule has 0 radical (unpaired) electrons. The SMILES string of the molecule is O=C(Nc1cc(-c2cc(OCCCCO)ccc2C(F)(F)F)ccn1)c1n[nH]c(Cc2ccccc2)n1. The smallest absolute Gasteiger partial charge is 0.417 e. The van der Waals surface area contributed by atoms with Gasteiger partial charge in [0.15, 0.2) is 0 Å². The number of nitrogens with one attached hydrogen (secondary N) is 2. The minimum absolute atomic E-state index is 0.00920. The molecule has 2 heterocycles. The van der Waals surface area contributed by atoms with Crippen LogP contribution in [0.3, 0.4) is 0 Å². The topological polar surface area (TPSA) is 113 Å². The molecule has 2 aromatic heterocycles. The molecule has 0 aliphatic heterocycles. The number of unbranched alkanes of at least 4 members (excludes halogenated alkanes) is 1. The van der Waals surface area contributed by atoms with Gasteiger partial charge in [0.25, 0.3) is 5.91 Å². The Morgan fingerprint density at radius 1 is 1.05 bits per heavy atom. The highest BCUT2D eigenvalue weighted by molar-refractivity contribution is 6.01. The number of halogens is 3. The summed E-state index contributed by atoms with van der Waals surface area (Å²) in [6, 6.07) is 15.8. The van der Waals surface area contributed by atoms with Gasteiger partial charge in [-0.2, -0.15) is 13.2 Å². The van der Waals surface area contributed by atoms with E-state index in [4.69, 9.17) is 9.84 Å². The summed E-state index contributed by atoms with van der Waals surface area (Å²) >= 11 is 0. The minimum atomic E-state index is -4.61. The molecule has 8 nitrogen and oxygen atoms in total. The molecule has 4 aromatic rings. The maximum Gasteiger partial charge on any atom is 0.417 e. The number of pyridine rings is 1. The number of carbonyl (C=O) groups excluding carboxylic acids is 1. The molecule has 0 spiro atoms. The predicted molar refractivity (Wildman–Crippen MR) is 130 cm³/mol. The summed E-state index contributed by atoms with van der Waals surface area (Å²) in [6.07, 6.45) is -1.76. The first-order valence-electron chi connectivity index (χ1n) is 11.5. The van der Waals surface area contributed by atoms with Gasteiger partial charge in [-0.1, -0.05) is 30.3 Å². The van der Waals surface area contributed by atoms with E-state index in [1.807, 2.05) is 30.3 Å². The van der Waals surface area contributed by atoms with E-state index in [-0.39, 0.29) is 41.7 Å². The van der Waals surface area contributed by atoms with Gasteiger partial charge in [-0.3, -0.25) is 9.89 Å². The average molecular weight is 512 g/mol. The van der Waals surface area contributed by atoms with Gasteiger partial charge in [0.1, 0.15) is 17.4 Å². The lowest BCUT2D eigenvalue weighted by Crippen LogP contribution is -2.15. The summed E-state index contributed by atoms with van der Waals surface area (Å²) in [4.78, 5) is 20.9. The van der Waals surface area contributed by atoms with E-state index in [1.165, 1.54) is 30.5 Å². The van der Waals surface area contributed by atoms with Gasteiger partial charge >= 0.3 is 6.18 Å². The summed E-state index contributed by atoms with van der Waals surface area (Å²) in [5.41, 5.74) is 0.213. The van der Waals surface area contributed by atoms with Gasteiger partial charge in [-0.05, 0) is 59.9 Å². The average Bonchev–Trinajstić information content (AvgIpc) is 3.35. The van der Waals surface area contributed by atoms with Crippen LogP contribution in [0, 0.1) is 0 Å². The third-order valence-corrected chi connectivity index (χ3v) is 5.38. The second-order valence-electron chi connectivity index (χ2n) is 8.14. The fourth-order valence-corrected chi connectivity index (χ4v) is 3.61. The van der Waals surface area contributed by atoms with Crippen LogP contribution in [-0.4, -0.2) is 44.4 Å². The fraction of sp³-hybridized carbons (Fsp3) is 0.231. The predicted octanol–water partition coefficient (Wildman–Crippen LogP) is 4.88. The molecule has 0 unspecified atom stereocenters. The van der Waals surface area contributed by atoms with Crippen molar-refractivity contribution in [3.8, 4) is 16.9 Å². The lowest BCUT2D eigenvalue weighted by molar-refractivity contribution is -0.137. The van der Waals surface area contributed by atoms with Crippen molar-refractivity contribution in [2.45, 2.75) is 25.4 Å². The highest BCUT2D eigenvalue weighted by Gasteiger charge is 2.34. The number of nitrogens with zero attached hydrogens (tertiary/aromatic N) is 3. The first kappa shape index (κ1) is 25.8. The van der Waals surface area contributed by atoms with Gasteiger partial charge in [0, 0.05) is 19.2 Å². The Hall–Kier alpha value is -4.25. The van der Waals surface area contributed by atoms with E-state index in [0.717, 1.165) is 11.6 Å². The summed E-state index contributed by atoms with van der Waals surface area (Å²) in [7, 11) is 0. The van der Waals surface area contributed by atoms with E-state index >= 15 is 0 Å². The highest BCUT2D eigenvalue weighted by Crippen LogP contribution is 2.39. The Bertz CT molecular complexity index is 1340. The quantitative estimate of drug-likeness (QED) is 0.262. The summed E-state index contributed by atoms with van der Waals surface area (Å²) < 4.78 is 46.8. The van der Waals surface area contributed by atoms with Crippen molar-refractivity contribution < 1.29 is 27.8 Å². The zero-order valence-electron chi connectivity index (χ0n) is 19.6. The monoisotopic (exact) mass is 511 g/mol. The number of amides is 1. The maximum absolute atomic E-state index is 13.7. The van der Waals surface area contributed by atoms with Gasteiger partial charge < -0.3 is 15.2 Å². The number of benzene rings is 2. The van der Waals surface area contributed by atoms with Crippen molar-refractivity contribution in [1.82, 2.24) is 20.2 Å². The Morgan fingerprint density at radius 2 is 1.86 bits per heavy atom. The second-order valence-corrected chi connectivity index (χ2v) is 8.14. The van der Waals surface area contributed by atoms with Crippen LogP contribution in [0.2, 0.25) is 0 Å². The van der Waals surface area contributed by atoms with Crippen LogP contribution in [0.25, 0.3) is 11.1 Å². The number of aromatic nitrogens is 4. The Kier molecular flexibility index (Phi) is 8.14. The molecule has 4 rings (SSSR count). The summed E-state index contributed by atoms with van der Waals surface area (Å²) in [6.45, 7) is 0.265. The van der Waals surface area contributed by atoms with Gasteiger partial charge in [-0.15, -0.1) is 5.10 Å². The molecule has 3 N–H and O–H groups in total. The van der Waals surface area contributed by atoms with Gasteiger partial charge in [-0.25, -0.2) is 9.97 Å². The number of carbonyl (C=O) groups is 1. The van der Waals surface area contributed by atoms with Crippen LogP contribution in [0.1, 0.15) is 40.4 Å². The lowest BCUT2D eigenvalue weighted by atomic mass is 9.99. The number of anilines is 1. The second kappa shape index (κ2) is 11.7. The number of H-pyrrole nitrogens is 1. The van der Waals surface area contributed by atoms with E-state index in [0.29, 0.717) is 25.1 Å². The van der Waals surface area contributed by atoms with E-state index in [1.54, 1.807) is 0 Å². The van der Waals surface area contributed by atoms with Crippen molar-refractivity contribution in [3.63, 3.8) is 0 Å². The molecule has 2 aromatic carbocycles. The number of hydrogen-bond donors (Lipinski definition) is 3. The van der Waals surface area contributed by atoms with Crippen molar-refractivity contribution in [2.75, 3.05) is 18.5 Å². The van der Waals surface area contributed by atoms with Crippen molar-refractivity contribution in [1.29, 1.82) is 0 Å². The minimum Gasteiger partial charge on any atom is -0.494 e. The highest BCUT2D eigenvalue weighted by atomic mass is 19.4. The van der Waals surface area contributed by atoms with E-state index in [9.17, 15) is 18.0 Å². The molecule has 0 saturated carbocycles. The molecular weight excluding hydrogens is 487 g/mol.